The van der Waals surface area contributed by atoms with Crippen LogP contribution in [0.3, 0.4) is 0 Å². The first-order chi connectivity index (χ1) is 16.8. The lowest BCUT2D eigenvalue weighted by molar-refractivity contribution is -0.169. The normalized spacial score (nSPS) is 21.5. The van der Waals surface area contributed by atoms with Crippen LogP contribution in [0, 0.1) is 0 Å². The van der Waals surface area contributed by atoms with Gasteiger partial charge in [0, 0.05) is 33.6 Å². The molecule has 0 N–H and O–H groups in total. The highest BCUT2D eigenvalue weighted by Gasteiger charge is 2.33. The zero-order valence-electron chi connectivity index (χ0n) is 20.5. The molecule has 7 nitrogen and oxygen atoms in total. The average molecular weight is 481 g/mol. The van der Waals surface area contributed by atoms with E-state index >= 15 is 0 Å². The minimum Gasteiger partial charge on any atom is -0.463 e. The van der Waals surface area contributed by atoms with Crippen molar-refractivity contribution in [3.8, 4) is 5.75 Å². The number of hydrogen-bond donors (Lipinski definition) is 0. The average Bonchev–Trinajstić information content (AvgIpc) is 2.77. The lowest BCUT2D eigenvalue weighted by Gasteiger charge is -2.35. The smallest absolute Gasteiger partial charge is 0.308 e. The third kappa shape index (κ3) is 6.69. The van der Waals surface area contributed by atoms with Gasteiger partial charge in [0.2, 0.25) is 0 Å². The van der Waals surface area contributed by atoms with Crippen LogP contribution >= 0.6 is 0 Å². The number of aryl methyl sites for hydroxylation is 2. The summed E-state index contributed by atoms with van der Waals surface area (Å²) in [5, 5.41) is 0. The summed E-state index contributed by atoms with van der Waals surface area (Å²) in [6.07, 6.45) is 3.80. The first-order valence-corrected chi connectivity index (χ1v) is 12.1. The molecule has 1 heterocycles. The topological polar surface area (TPSA) is 88.1 Å². The zero-order valence-corrected chi connectivity index (χ0v) is 20.5. The van der Waals surface area contributed by atoms with Crippen molar-refractivity contribution in [3.63, 3.8) is 0 Å². The second-order valence-corrected chi connectivity index (χ2v) is 9.33. The SMILES string of the molecule is CC(=O)OC[C@@H]1C[C@H](OC(C)=O)CC(c2ccc3c(c2)Cc2ccc(OC(C)=O)cc2CCC3)O1. The molecule has 0 spiro atoms. The van der Waals surface area contributed by atoms with Gasteiger partial charge in [-0.1, -0.05) is 24.3 Å². The second-order valence-electron chi connectivity index (χ2n) is 9.33. The van der Waals surface area contributed by atoms with Crippen LogP contribution in [0.4, 0.5) is 0 Å². The zero-order chi connectivity index (χ0) is 24.9. The van der Waals surface area contributed by atoms with Crippen LogP contribution in [-0.2, 0) is 47.9 Å². The molecular formula is C28H32O7. The number of benzene rings is 2. The molecule has 1 aliphatic heterocycles. The lowest BCUT2D eigenvalue weighted by Crippen LogP contribution is -2.36. The highest BCUT2D eigenvalue weighted by atomic mass is 16.6. The molecule has 1 saturated heterocycles. The third-order valence-corrected chi connectivity index (χ3v) is 6.48. The number of ether oxygens (including phenoxy) is 4. The van der Waals surface area contributed by atoms with Crippen molar-refractivity contribution in [1.82, 2.24) is 0 Å². The molecule has 35 heavy (non-hydrogen) atoms. The van der Waals surface area contributed by atoms with Gasteiger partial charge in [0.1, 0.15) is 18.5 Å². The van der Waals surface area contributed by atoms with Gasteiger partial charge >= 0.3 is 17.9 Å². The van der Waals surface area contributed by atoms with Gasteiger partial charge in [-0.3, -0.25) is 14.4 Å². The first-order valence-electron chi connectivity index (χ1n) is 12.1. The Morgan fingerprint density at radius 1 is 0.857 bits per heavy atom. The van der Waals surface area contributed by atoms with Gasteiger partial charge in [0.15, 0.2) is 0 Å². The van der Waals surface area contributed by atoms with Crippen LogP contribution in [0.25, 0.3) is 0 Å². The molecule has 0 radical (unpaired) electrons. The Kier molecular flexibility index (Phi) is 7.86. The fraction of sp³-hybridized carbons (Fsp3) is 0.464. The van der Waals surface area contributed by atoms with Gasteiger partial charge in [-0.25, -0.2) is 0 Å². The summed E-state index contributed by atoms with van der Waals surface area (Å²) in [4.78, 5) is 34.3. The molecular weight excluding hydrogens is 448 g/mol. The molecule has 1 fully saturated rings. The van der Waals surface area contributed by atoms with Gasteiger partial charge in [-0.2, -0.15) is 0 Å². The Bertz CT molecular complexity index is 1110. The molecule has 7 heteroatoms. The van der Waals surface area contributed by atoms with E-state index in [0.717, 1.165) is 31.2 Å². The predicted molar refractivity (Wildman–Crippen MR) is 128 cm³/mol. The van der Waals surface area contributed by atoms with Crippen molar-refractivity contribution in [1.29, 1.82) is 0 Å². The number of esters is 3. The number of hydrogen-bond acceptors (Lipinski definition) is 7. The molecule has 0 aromatic heterocycles. The third-order valence-electron chi connectivity index (χ3n) is 6.48. The molecule has 2 aromatic rings. The van der Waals surface area contributed by atoms with Crippen LogP contribution in [0.5, 0.6) is 5.75 Å². The largest absolute Gasteiger partial charge is 0.463 e. The summed E-state index contributed by atoms with van der Waals surface area (Å²) < 4.78 is 22.3. The van der Waals surface area contributed by atoms with Crippen molar-refractivity contribution in [2.45, 2.75) is 77.6 Å². The predicted octanol–water partition coefficient (Wildman–Crippen LogP) is 4.41. The molecule has 186 valence electrons. The maximum atomic E-state index is 11.6. The molecule has 4 rings (SSSR count). The van der Waals surface area contributed by atoms with Gasteiger partial charge in [0.05, 0.1) is 12.2 Å². The first kappa shape index (κ1) is 24.9. The lowest BCUT2D eigenvalue weighted by atomic mass is 9.86. The van der Waals surface area contributed by atoms with E-state index in [9.17, 15) is 14.4 Å². The van der Waals surface area contributed by atoms with Crippen LogP contribution in [0.1, 0.15) is 74.0 Å². The van der Waals surface area contributed by atoms with Crippen molar-refractivity contribution in [3.05, 3.63) is 64.2 Å². The van der Waals surface area contributed by atoms with Crippen molar-refractivity contribution in [2.75, 3.05) is 6.61 Å². The standard InChI is InChI=1S/C28H32O7/c1-17(29)32-16-27-14-26(34-19(3)31)15-28(35-27)23-8-7-20-5-4-6-21-13-25(33-18(2)30)10-9-22(21)11-24(20)12-23/h7-10,12-13,26-28H,4-6,11,14-16H2,1-3H3/t26-,27-,28?/m0/s1. The maximum Gasteiger partial charge on any atom is 0.308 e. The molecule has 3 atom stereocenters. The molecule has 1 aliphatic carbocycles. The van der Waals surface area contributed by atoms with Crippen molar-refractivity contribution in [2.24, 2.45) is 0 Å². The summed E-state index contributed by atoms with van der Waals surface area (Å²) in [5.41, 5.74) is 5.98. The van der Waals surface area contributed by atoms with E-state index in [1.54, 1.807) is 0 Å². The molecule has 0 amide bonds. The van der Waals surface area contributed by atoms with E-state index in [1.165, 1.54) is 43.0 Å². The van der Waals surface area contributed by atoms with E-state index in [-0.39, 0.29) is 42.8 Å². The van der Waals surface area contributed by atoms with E-state index in [0.29, 0.717) is 18.6 Å². The molecule has 0 saturated carbocycles. The fourth-order valence-electron chi connectivity index (χ4n) is 5.00. The Balaban J connectivity index is 1.57. The number of carbonyl (C=O) groups is 3. The quantitative estimate of drug-likeness (QED) is 0.463. The Morgan fingerprint density at radius 2 is 1.63 bits per heavy atom. The maximum absolute atomic E-state index is 11.6. The van der Waals surface area contributed by atoms with E-state index in [1.807, 2.05) is 18.2 Å². The summed E-state index contributed by atoms with van der Waals surface area (Å²) in [6.45, 7) is 4.31. The minimum atomic E-state index is -0.364. The Morgan fingerprint density at radius 3 is 2.37 bits per heavy atom. The highest BCUT2D eigenvalue weighted by Crippen LogP contribution is 2.35. The Labute approximate surface area is 205 Å². The molecule has 1 unspecified atom stereocenters. The van der Waals surface area contributed by atoms with Crippen LogP contribution < -0.4 is 4.74 Å². The van der Waals surface area contributed by atoms with Crippen LogP contribution in [0.15, 0.2) is 36.4 Å². The van der Waals surface area contributed by atoms with Gasteiger partial charge < -0.3 is 18.9 Å². The molecule has 2 aromatic carbocycles. The van der Waals surface area contributed by atoms with Crippen LogP contribution in [0.2, 0.25) is 0 Å². The van der Waals surface area contributed by atoms with Gasteiger partial charge in [-0.15, -0.1) is 0 Å². The summed E-state index contributed by atoms with van der Waals surface area (Å²) in [6, 6.07) is 12.3. The molecule has 0 bridgehead atoms. The monoisotopic (exact) mass is 480 g/mol. The minimum absolute atomic E-state index is 0.132. The van der Waals surface area contributed by atoms with Crippen molar-refractivity contribution >= 4 is 17.9 Å². The Hall–Kier alpha value is -3.19. The summed E-state index contributed by atoms with van der Waals surface area (Å²) in [5.74, 6) is -0.435. The number of fused-ring (bicyclic) bond motifs is 2. The number of rotatable bonds is 5. The summed E-state index contributed by atoms with van der Waals surface area (Å²) in [7, 11) is 0. The van der Waals surface area contributed by atoms with E-state index in [2.05, 4.69) is 18.2 Å². The summed E-state index contributed by atoms with van der Waals surface area (Å²) >= 11 is 0. The van der Waals surface area contributed by atoms with E-state index in [4.69, 9.17) is 18.9 Å². The van der Waals surface area contributed by atoms with Gasteiger partial charge in [0.25, 0.3) is 0 Å². The second kappa shape index (κ2) is 11.0. The number of carbonyl (C=O) groups excluding carboxylic acids is 3. The molecule has 2 aliphatic rings. The van der Waals surface area contributed by atoms with Gasteiger partial charge in [-0.05, 0) is 65.6 Å². The fourth-order valence-corrected chi connectivity index (χ4v) is 5.00. The van der Waals surface area contributed by atoms with E-state index < -0.39 is 0 Å². The van der Waals surface area contributed by atoms with Crippen LogP contribution in [-0.4, -0.2) is 36.7 Å². The highest BCUT2D eigenvalue weighted by molar-refractivity contribution is 5.69. The van der Waals surface area contributed by atoms with Crippen molar-refractivity contribution < 1.29 is 33.3 Å².